The lowest BCUT2D eigenvalue weighted by Crippen LogP contribution is -2.46. The minimum absolute atomic E-state index is 0.344. The lowest BCUT2D eigenvalue weighted by atomic mass is 9.81. The fourth-order valence-electron chi connectivity index (χ4n) is 2.59. The van der Waals surface area contributed by atoms with Crippen LogP contribution in [0.4, 0.5) is 0 Å². The van der Waals surface area contributed by atoms with Crippen LogP contribution in [0.1, 0.15) is 40.5 Å². The van der Waals surface area contributed by atoms with Gasteiger partial charge in [-0.3, -0.25) is 4.90 Å². The van der Waals surface area contributed by atoms with Crippen molar-refractivity contribution in [2.45, 2.75) is 40.5 Å². The first-order chi connectivity index (χ1) is 10.0. The molecule has 0 aliphatic heterocycles. The standard InChI is InChI=1S/C17H38N2O2/c1-7-17(8-2,14-18-13-16(3)4)15-19(9-11-20-5)10-12-21-6/h16,18H,7-15H2,1-6H3. The Kier molecular flexibility index (Phi) is 12.3. The van der Waals surface area contributed by atoms with Crippen LogP contribution < -0.4 is 5.32 Å². The average molecular weight is 303 g/mol. The molecule has 0 amide bonds. The maximum absolute atomic E-state index is 5.25. The van der Waals surface area contributed by atoms with Crippen molar-refractivity contribution in [3.63, 3.8) is 0 Å². The van der Waals surface area contributed by atoms with Gasteiger partial charge in [0.25, 0.3) is 0 Å². The second kappa shape index (κ2) is 12.4. The van der Waals surface area contributed by atoms with Crippen molar-refractivity contribution >= 4 is 0 Å². The minimum atomic E-state index is 0.344. The van der Waals surface area contributed by atoms with E-state index in [0.717, 1.165) is 45.9 Å². The first kappa shape index (κ1) is 20.8. The fourth-order valence-corrected chi connectivity index (χ4v) is 2.59. The van der Waals surface area contributed by atoms with E-state index in [1.165, 1.54) is 12.8 Å². The topological polar surface area (TPSA) is 33.7 Å². The van der Waals surface area contributed by atoms with Gasteiger partial charge in [-0.05, 0) is 30.7 Å². The molecule has 0 aromatic heterocycles. The number of methoxy groups -OCH3 is 2. The Morgan fingerprint density at radius 2 is 1.52 bits per heavy atom. The normalized spacial score (nSPS) is 12.6. The third-order valence-corrected chi connectivity index (χ3v) is 4.33. The van der Waals surface area contributed by atoms with Gasteiger partial charge in [-0.1, -0.05) is 27.7 Å². The minimum Gasteiger partial charge on any atom is -0.383 e. The van der Waals surface area contributed by atoms with Crippen molar-refractivity contribution in [3.8, 4) is 0 Å². The molecule has 21 heavy (non-hydrogen) atoms. The summed E-state index contributed by atoms with van der Waals surface area (Å²) < 4.78 is 10.5. The molecule has 0 saturated heterocycles. The third kappa shape index (κ3) is 9.46. The van der Waals surface area contributed by atoms with E-state index in [4.69, 9.17) is 9.47 Å². The van der Waals surface area contributed by atoms with Crippen LogP contribution in [0.15, 0.2) is 0 Å². The highest BCUT2D eigenvalue weighted by Gasteiger charge is 2.28. The molecule has 0 unspecified atom stereocenters. The number of ether oxygens (including phenoxy) is 2. The zero-order valence-corrected chi connectivity index (χ0v) is 15.2. The van der Waals surface area contributed by atoms with Gasteiger partial charge in [0.05, 0.1) is 13.2 Å². The van der Waals surface area contributed by atoms with Gasteiger partial charge in [0.2, 0.25) is 0 Å². The van der Waals surface area contributed by atoms with Gasteiger partial charge in [0, 0.05) is 40.4 Å². The van der Waals surface area contributed by atoms with Gasteiger partial charge in [0.1, 0.15) is 0 Å². The Balaban J connectivity index is 4.55. The smallest absolute Gasteiger partial charge is 0.0589 e. The zero-order chi connectivity index (χ0) is 16.1. The molecule has 0 radical (unpaired) electrons. The average Bonchev–Trinajstić information content (AvgIpc) is 2.48. The maximum Gasteiger partial charge on any atom is 0.0589 e. The van der Waals surface area contributed by atoms with Gasteiger partial charge in [-0.2, -0.15) is 0 Å². The second-order valence-electron chi connectivity index (χ2n) is 6.49. The Bertz CT molecular complexity index is 223. The summed E-state index contributed by atoms with van der Waals surface area (Å²) in [6.07, 6.45) is 2.40. The van der Waals surface area contributed by atoms with Gasteiger partial charge >= 0.3 is 0 Å². The summed E-state index contributed by atoms with van der Waals surface area (Å²) in [4.78, 5) is 2.48. The Labute approximate surface area is 132 Å². The molecule has 0 rings (SSSR count). The highest BCUT2D eigenvalue weighted by molar-refractivity contribution is 4.83. The van der Waals surface area contributed by atoms with Crippen molar-refractivity contribution in [1.29, 1.82) is 0 Å². The summed E-state index contributed by atoms with van der Waals surface area (Å²) >= 11 is 0. The van der Waals surface area contributed by atoms with Crippen molar-refractivity contribution in [3.05, 3.63) is 0 Å². The van der Waals surface area contributed by atoms with Crippen molar-refractivity contribution in [1.82, 2.24) is 10.2 Å². The van der Waals surface area contributed by atoms with Crippen LogP contribution in [0.5, 0.6) is 0 Å². The van der Waals surface area contributed by atoms with Crippen molar-refractivity contribution in [2.75, 3.05) is 60.2 Å². The SMILES string of the molecule is CCC(CC)(CNCC(C)C)CN(CCOC)CCOC. The maximum atomic E-state index is 5.25. The van der Waals surface area contributed by atoms with E-state index >= 15 is 0 Å². The molecule has 0 aromatic rings. The molecule has 0 aromatic carbocycles. The number of rotatable bonds is 14. The van der Waals surface area contributed by atoms with Crippen molar-refractivity contribution in [2.24, 2.45) is 11.3 Å². The molecular formula is C17H38N2O2. The lowest BCUT2D eigenvalue weighted by Gasteiger charge is -2.37. The molecule has 4 heteroatoms. The lowest BCUT2D eigenvalue weighted by molar-refractivity contribution is 0.0737. The molecule has 0 atom stereocenters. The van der Waals surface area contributed by atoms with E-state index in [1.807, 2.05) is 0 Å². The first-order valence-electron chi connectivity index (χ1n) is 8.44. The number of hydrogen-bond acceptors (Lipinski definition) is 4. The predicted octanol–water partition coefficient (Wildman–Crippen LogP) is 2.63. The first-order valence-corrected chi connectivity index (χ1v) is 8.44. The van der Waals surface area contributed by atoms with E-state index in [9.17, 15) is 0 Å². The third-order valence-electron chi connectivity index (χ3n) is 4.33. The van der Waals surface area contributed by atoms with Crippen LogP contribution in [0.2, 0.25) is 0 Å². The summed E-state index contributed by atoms with van der Waals surface area (Å²) in [5.41, 5.74) is 0.344. The molecule has 0 fully saturated rings. The van der Waals surface area contributed by atoms with E-state index in [1.54, 1.807) is 14.2 Å². The van der Waals surface area contributed by atoms with Crippen molar-refractivity contribution < 1.29 is 9.47 Å². The highest BCUT2D eigenvalue weighted by atomic mass is 16.5. The number of hydrogen-bond donors (Lipinski definition) is 1. The predicted molar refractivity (Wildman–Crippen MR) is 90.9 cm³/mol. The molecule has 0 heterocycles. The Hall–Kier alpha value is -0.160. The van der Waals surface area contributed by atoms with E-state index in [0.29, 0.717) is 11.3 Å². The Morgan fingerprint density at radius 3 is 1.90 bits per heavy atom. The summed E-state index contributed by atoms with van der Waals surface area (Å²) in [7, 11) is 3.54. The number of nitrogens with zero attached hydrogens (tertiary/aromatic N) is 1. The molecule has 0 aliphatic rings. The van der Waals surface area contributed by atoms with Gasteiger partial charge < -0.3 is 14.8 Å². The summed E-state index contributed by atoms with van der Waals surface area (Å²) in [6.45, 7) is 16.0. The summed E-state index contributed by atoms with van der Waals surface area (Å²) in [6, 6.07) is 0. The molecule has 0 bridgehead atoms. The van der Waals surface area contributed by atoms with E-state index < -0.39 is 0 Å². The van der Waals surface area contributed by atoms with Gasteiger partial charge in [-0.15, -0.1) is 0 Å². The van der Waals surface area contributed by atoms with Crippen LogP contribution in [-0.4, -0.2) is 65.1 Å². The van der Waals surface area contributed by atoms with Crippen LogP contribution in [0, 0.1) is 11.3 Å². The molecule has 128 valence electrons. The highest BCUT2D eigenvalue weighted by Crippen LogP contribution is 2.27. The van der Waals surface area contributed by atoms with Crippen LogP contribution in [-0.2, 0) is 9.47 Å². The van der Waals surface area contributed by atoms with Crippen LogP contribution >= 0.6 is 0 Å². The van der Waals surface area contributed by atoms with Gasteiger partial charge in [-0.25, -0.2) is 0 Å². The summed E-state index contributed by atoms with van der Waals surface area (Å²) in [5.74, 6) is 0.703. The van der Waals surface area contributed by atoms with E-state index in [-0.39, 0.29) is 0 Å². The van der Waals surface area contributed by atoms with Crippen LogP contribution in [0.25, 0.3) is 0 Å². The monoisotopic (exact) mass is 302 g/mol. The zero-order valence-electron chi connectivity index (χ0n) is 15.2. The second-order valence-corrected chi connectivity index (χ2v) is 6.49. The Morgan fingerprint density at radius 1 is 1.00 bits per heavy atom. The molecular weight excluding hydrogens is 264 g/mol. The molecule has 0 saturated carbocycles. The van der Waals surface area contributed by atoms with Gasteiger partial charge in [0.15, 0.2) is 0 Å². The molecule has 4 nitrogen and oxygen atoms in total. The summed E-state index contributed by atoms with van der Waals surface area (Å²) in [5, 5.41) is 3.66. The quantitative estimate of drug-likeness (QED) is 0.535. The molecule has 0 spiro atoms. The fraction of sp³-hybridized carbons (Fsp3) is 1.00. The largest absolute Gasteiger partial charge is 0.383 e. The van der Waals surface area contributed by atoms with E-state index in [2.05, 4.69) is 37.9 Å². The molecule has 1 N–H and O–H groups in total. The van der Waals surface area contributed by atoms with Crippen LogP contribution in [0.3, 0.4) is 0 Å². The molecule has 0 aliphatic carbocycles. The number of nitrogens with one attached hydrogen (secondary N) is 1.